The maximum absolute atomic E-state index is 13.6. The summed E-state index contributed by atoms with van der Waals surface area (Å²) in [4.78, 5) is 0. The highest BCUT2D eigenvalue weighted by atomic mass is 79.9. The minimum absolute atomic E-state index is 0.201. The van der Waals surface area contributed by atoms with Crippen molar-refractivity contribution in [1.29, 1.82) is 0 Å². The Hall–Kier alpha value is -0.280. The van der Waals surface area contributed by atoms with E-state index in [-0.39, 0.29) is 5.82 Å². The summed E-state index contributed by atoms with van der Waals surface area (Å²) in [6.07, 6.45) is 5.48. The number of hydrogen-bond donors (Lipinski definition) is 0. The highest BCUT2D eigenvalue weighted by Gasteiger charge is 2.31. The fraction of sp³-hybridized carbons (Fsp3) is 0.600. The van der Waals surface area contributed by atoms with Crippen molar-refractivity contribution in [2.75, 3.05) is 6.61 Å². The van der Waals surface area contributed by atoms with E-state index < -0.39 is 0 Å². The van der Waals surface area contributed by atoms with Gasteiger partial charge in [-0.1, -0.05) is 0 Å². The zero-order valence-electron chi connectivity index (χ0n) is 10.7. The van der Waals surface area contributed by atoms with Crippen LogP contribution in [-0.4, -0.2) is 12.0 Å². The second kappa shape index (κ2) is 5.61. The van der Waals surface area contributed by atoms with Crippen molar-refractivity contribution in [2.24, 2.45) is 11.8 Å². The zero-order chi connectivity index (χ0) is 13.4. The number of fused-ring (bicyclic) bond motifs is 1. The number of alkyl halides is 1. The average molecular weight is 348 g/mol. The summed E-state index contributed by atoms with van der Waals surface area (Å²) in [5, 5.41) is 0.349. The lowest BCUT2D eigenvalue weighted by atomic mass is 9.77. The van der Waals surface area contributed by atoms with Gasteiger partial charge >= 0.3 is 0 Å². The minimum Gasteiger partial charge on any atom is -0.493 e. The third kappa shape index (κ3) is 2.92. The highest BCUT2D eigenvalue weighted by Crippen LogP contribution is 2.39. The van der Waals surface area contributed by atoms with Crippen molar-refractivity contribution >= 4 is 27.5 Å². The highest BCUT2D eigenvalue weighted by molar-refractivity contribution is 9.10. The first kappa shape index (κ1) is 13.7. The number of hydrogen-bond acceptors (Lipinski definition) is 1. The molecule has 0 bridgehead atoms. The van der Waals surface area contributed by atoms with E-state index in [4.69, 9.17) is 16.3 Å². The van der Waals surface area contributed by atoms with Crippen molar-refractivity contribution in [3.8, 4) is 5.75 Å². The average Bonchev–Trinajstić information content (AvgIpc) is 2.40. The topological polar surface area (TPSA) is 9.23 Å². The minimum atomic E-state index is -0.201. The van der Waals surface area contributed by atoms with Crippen LogP contribution in [0.1, 0.15) is 31.2 Å². The Kier molecular flexibility index (Phi) is 4.04. The Bertz CT molecular complexity index is 471. The summed E-state index contributed by atoms with van der Waals surface area (Å²) in [6.45, 7) is 0.753. The van der Waals surface area contributed by atoms with Crippen LogP contribution in [0, 0.1) is 17.7 Å². The number of ether oxygens (including phenoxy) is 1. The quantitative estimate of drug-likeness (QED) is 0.654. The summed E-state index contributed by atoms with van der Waals surface area (Å²) in [5.41, 5.74) is 1.00. The van der Waals surface area contributed by atoms with Crippen LogP contribution in [0.25, 0.3) is 0 Å². The summed E-state index contributed by atoms with van der Waals surface area (Å²) >= 11 is 9.36. The molecule has 1 nitrogen and oxygen atoms in total. The molecule has 1 aliphatic heterocycles. The molecule has 0 spiro atoms. The molecule has 2 aliphatic rings. The first-order chi connectivity index (χ1) is 9.13. The lowest BCUT2D eigenvalue weighted by Gasteiger charge is -2.35. The molecule has 3 rings (SSSR count). The van der Waals surface area contributed by atoms with Gasteiger partial charge in [0.25, 0.3) is 0 Å². The molecule has 0 N–H and O–H groups in total. The van der Waals surface area contributed by atoms with Gasteiger partial charge in [-0.3, -0.25) is 0 Å². The van der Waals surface area contributed by atoms with Gasteiger partial charge in [0.05, 0.1) is 11.1 Å². The van der Waals surface area contributed by atoms with Crippen LogP contribution in [-0.2, 0) is 6.42 Å². The zero-order valence-corrected chi connectivity index (χ0v) is 13.0. The molecule has 1 fully saturated rings. The van der Waals surface area contributed by atoms with Gasteiger partial charge in [-0.25, -0.2) is 4.39 Å². The van der Waals surface area contributed by atoms with E-state index in [0.29, 0.717) is 21.7 Å². The van der Waals surface area contributed by atoms with Gasteiger partial charge in [-0.15, -0.1) is 11.6 Å². The third-order valence-corrected chi connectivity index (χ3v) is 5.45. The lowest BCUT2D eigenvalue weighted by molar-refractivity contribution is 0.143. The van der Waals surface area contributed by atoms with Crippen molar-refractivity contribution < 1.29 is 9.13 Å². The first-order valence-electron chi connectivity index (χ1n) is 6.88. The monoisotopic (exact) mass is 346 g/mol. The van der Waals surface area contributed by atoms with Crippen LogP contribution in [0.3, 0.4) is 0 Å². The Morgan fingerprint density at radius 1 is 1.16 bits per heavy atom. The van der Waals surface area contributed by atoms with E-state index in [0.717, 1.165) is 37.2 Å². The van der Waals surface area contributed by atoms with Crippen LogP contribution in [0.2, 0.25) is 0 Å². The molecule has 0 saturated heterocycles. The van der Waals surface area contributed by atoms with Crippen LogP contribution < -0.4 is 4.74 Å². The SMILES string of the molecule is Fc1cc2c(cc1Br)OCC(C1CCC(Cl)CC1)C2. The van der Waals surface area contributed by atoms with E-state index >= 15 is 0 Å². The number of benzene rings is 1. The van der Waals surface area contributed by atoms with E-state index in [9.17, 15) is 4.39 Å². The van der Waals surface area contributed by atoms with E-state index in [1.165, 1.54) is 12.8 Å². The third-order valence-electron chi connectivity index (χ3n) is 4.41. The molecule has 1 aromatic carbocycles. The Labute approximate surface area is 126 Å². The molecule has 0 aromatic heterocycles. The van der Waals surface area contributed by atoms with Crippen molar-refractivity contribution in [2.45, 2.75) is 37.5 Å². The van der Waals surface area contributed by atoms with E-state index in [1.807, 2.05) is 0 Å². The normalized spacial score (nSPS) is 30.6. The van der Waals surface area contributed by atoms with Gasteiger partial charge in [-0.05, 0) is 77.6 Å². The molecule has 4 heteroatoms. The van der Waals surface area contributed by atoms with Gasteiger partial charge in [0.1, 0.15) is 11.6 Å². The summed E-state index contributed by atoms with van der Waals surface area (Å²) in [7, 11) is 0. The Morgan fingerprint density at radius 2 is 1.89 bits per heavy atom. The molecule has 1 heterocycles. The predicted octanol–water partition coefficient (Wildman–Crippen LogP) is 4.94. The van der Waals surface area contributed by atoms with Gasteiger partial charge in [0.2, 0.25) is 0 Å². The number of halogens is 3. The van der Waals surface area contributed by atoms with E-state index in [2.05, 4.69) is 15.9 Å². The van der Waals surface area contributed by atoms with Crippen molar-refractivity contribution in [1.82, 2.24) is 0 Å². The van der Waals surface area contributed by atoms with Crippen LogP contribution in [0.15, 0.2) is 16.6 Å². The predicted molar refractivity (Wildman–Crippen MR) is 78.4 cm³/mol. The van der Waals surface area contributed by atoms with Gasteiger partial charge in [0.15, 0.2) is 0 Å². The fourth-order valence-corrected chi connectivity index (χ4v) is 3.83. The molecule has 1 aliphatic carbocycles. The summed E-state index contributed by atoms with van der Waals surface area (Å²) in [5.74, 6) is 1.81. The maximum Gasteiger partial charge on any atom is 0.137 e. The second-order valence-corrected chi connectivity index (χ2v) is 7.13. The standard InChI is InChI=1S/C15H17BrClFO/c16-13-7-15-10(6-14(13)18)5-11(8-19-15)9-1-3-12(17)4-2-9/h6-7,9,11-12H,1-5,8H2. The number of rotatable bonds is 1. The first-order valence-corrected chi connectivity index (χ1v) is 8.11. The molecule has 1 saturated carbocycles. The molecule has 104 valence electrons. The molecule has 1 unspecified atom stereocenters. The Morgan fingerprint density at radius 3 is 2.63 bits per heavy atom. The summed E-state index contributed by atoms with van der Waals surface area (Å²) in [6, 6.07) is 3.36. The second-order valence-electron chi connectivity index (χ2n) is 5.66. The van der Waals surface area contributed by atoms with Gasteiger partial charge in [0, 0.05) is 5.38 Å². The van der Waals surface area contributed by atoms with E-state index in [1.54, 1.807) is 12.1 Å². The Balaban J connectivity index is 1.73. The van der Waals surface area contributed by atoms with Crippen LogP contribution in [0.5, 0.6) is 5.75 Å². The summed E-state index contributed by atoms with van der Waals surface area (Å²) < 4.78 is 19.9. The smallest absolute Gasteiger partial charge is 0.137 e. The molecule has 1 aromatic rings. The molecule has 0 amide bonds. The molecule has 19 heavy (non-hydrogen) atoms. The molecular formula is C15H17BrClFO. The largest absolute Gasteiger partial charge is 0.493 e. The molecule has 1 atom stereocenters. The molecular weight excluding hydrogens is 331 g/mol. The fourth-order valence-electron chi connectivity index (χ4n) is 3.25. The van der Waals surface area contributed by atoms with Gasteiger partial charge < -0.3 is 4.74 Å². The van der Waals surface area contributed by atoms with Gasteiger partial charge in [-0.2, -0.15) is 0 Å². The van der Waals surface area contributed by atoms with Crippen molar-refractivity contribution in [3.63, 3.8) is 0 Å². The van der Waals surface area contributed by atoms with Crippen LogP contribution >= 0.6 is 27.5 Å². The lowest BCUT2D eigenvalue weighted by Crippen LogP contribution is -2.31. The van der Waals surface area contributed by atoms with Crippen molar-refractivity contribution in [3.05, 3.63) is 28.0 Å². The maximum atomic E-state index is 13.6. The molecule has 0 radical (unpaired) electrons. The van der Waals surface area contributed by atoms with Crippen LogP contribution in [0.4, 0.5) is 4.39 Å².